The third kappa shape index (κ3) is 3.34. The molecule has 0 spiro atoms. The normalized spacial score (nSPS) is 11.3. The first-order valence-corrected chi connectivity index (χ1v) is 5.40. The standard InChI is InChI=1S/C12H10F3N3O/c13-12(14,15)9-3-1-2-4-10(9)18-11(19)5-8-6-16-7-17-8/h1-4,6-7H,5H2,(H,16,17)(H,18,19). The van der Waals surface area contributed by atoms with E-state index in [4.69, 9.17) is 0 Å². The SMILES string of the molecule is O=C(Cc1cnc[nH]1)Nc1ccccc1C(F)(F)F. The van der Waals surface area contributed by atoms with Crippen LogP contribution in [0, 0.1) is 0 Å². The van der Waals surface area contributed by atoms with Crippen molar-refractivity contribution in [2.45, 2.75) is 12.6 Å². The molecule has 1 amide bonds. The molecule has 0 aliphatic carbocycles. The van der Waals surface area contributed by atoms with E-state index in [0.29, 0.717) is 5.69 Å². The second kappa shape index (κ2) is 5.13. The Morgan fingerprint density at radius 2 is 2.05 bits per heavy atom. The first kappa shape index (κ1) is 13.1. The van der Waals surface area contributed by atoms with Crippen LogP contribution >= 0.6 is 0 Å². The molecule has 0 unspecified atom stereocenters. The number of amides is 1. The number of benzene rings is 1. The smallest absolute Gasteiger partial charge is 0.348 e. The van der Waals surface area contributed by atoms with Gasteiger partial charge >= 0.3 is 6.18 Å². The number of carbonyl (C=O) groups is 1. The Hall–Kier alpha value is -2.31. The van der Waals surface area contributed by atoms with Crippen molar-refractivity contribution in [3.8, 4) is 0 Å². The molecular formula is C12H10F3N3O. The molecule has 0 saturated heterocycles. The van der Waals surface area contributed by atoms with Crippen LogP contribution in [0.1, 0.15) is 11.3 Å². The van der Waals surface area contributed by atoms with Gasteiger partial charge in [0.2, 0.25) is 5.91 Å². The molecule has 1 aromatic heterocycles. The Labute approximate surface area is 106 Å². The van der Waals surface area contributed by atoms with Crippen LogP contribution in [-0.2, 0) is 17.4 Å². The number of nitrogens with zero attached hydrogens (tertiary/aromatic N) is 1. The molecule has 4 nitrogen and oxygen atoms in total. The number of rotatable bonds is 3. The van der Waals surface area contributed by atoms with Crippen molar-refractivity contribution in [1.82, 2.24) is 9.97 Å². The average molecular weight is 269 g/mol. The fourth-order valence-electron chi connectivity index (χ4n) is 1.59. The van der Waals surface area contributed by atoms with E-state index in [-0.39, 0.29) is 12.1 Å². The van der Waals surface area contributed by atoms with E-state index in [0.717, 1.165) is 6.07 Å². The van der Waals surface area contributed by atoms with E-state index in [1.54, 1.807) is 0 Å². The lowest BCUT2D eigenvalue weighted by Gasteiger charge is -2.13. The topological polar surface area (TPSA) is 57.8 Å². The van der Waals surface area contributed by atoms with Gasteiger partial charge in [-0.15, -0.1) is 0 Å². The van der Waals surface area contributed by atoms with Crippen LogP contribution < -0.4 is 5.32 Å². The fourth-order valence-corrected chi connectivity index (χ4v) is 1.59. The summed E-state index contributed by atoms with van der Waals surface area (Å²) in [6, 6.07) is 4.84. The van der Waals surface area contributed by atoms with Crippen molar-refractivity contribution in [2.75, 3.05) is 5.32 Å². The van der Waals surface area contributed by atoms with Crippen molar-refractivity contribution in [3.05, 3.63) is 48.0 Å². The summed E-state index contributed by atoms with van der Waals surface area (Å²) < 4.78 is 38.1. The van der Waals surface area contributed by atoms with Gasteiger partial charge in [0.1, 0.15) is 0 Å². The Bertz CT molecular complexity index is 564. The van der Waals surface area contributed by atoms with E-state index in [1.807, 2.05) is 0 Å². The number of anilines is 1. The highest BCUT2D eigenvalue weighted by Crippen LogP contribution is 2.34. The van der Waals surface area contributed by atoms with Gasteiger partial charge in [0.25, 0.3) is 0 Å². The minimum absolute atomic E-state index is 0.0633. The van der Waals surface area contributed by atoms with Crippen molar-refractivity contribution >= 4 is 11.6 Å². The Kier molecular flexibility index (Phi) is 3.55. The third-order valence-corrected chi connectivity index (χ3v) is 2.41. The van der Waals surface area contributed by atoms with Gasteiger partial charge in [-0.05, 0) is 12.1 Å². The highest BCUT2D eigenvalue weighted by atomic mass is 19.4. The molecule has 0 aliphatic heterocycles. The molecule has 1 aromatic carbocycles. The number of alkyl halides is 3. The Morgan fingerprint density at radius 3 is 2.68 bits per heavy atom. The number of hydrogen-bond donors (Lipinski definition) is 2. The summed E-state index contributed by atoms with van der Waals surface area (Å²) in [5, 5.41) is 2.25. The van der Waals surface area contributed by atoms with Gasteiger partial charge in [0, 0.05) is 11.9 Å². The number of imidazole rings is 1. The van der Waals surface area contributed by atoms with Crippen LogP contribution in [0.15, 0.2) is 36.8 Å². The zero-order valence-electron chi connectivity index (χ0n) is 9.66. The summed E-state index contributed by atoms with van der Waals surface area (Å²) in [7, 11) is 0. The van der Waals surface area contributed by atoms with Gasteiger partial charge < -0.3 is 10.3 Å². The van der Waals surface area contributed by atoms with Crippen LogP contribution in [0.25, 0.3) is 0 Å². The van der Waals surface area contributed by atoms with Crippen molar-refractivity contribution < 1.29 is 18.0 Å². The molecule has 2 rings (SSSR count). The molecule has 7 heteroatoms. The van der Waals surface area contributed by atoms with Gasteiger partial charge in [-0.25, -0.2) is 4.98 Å². The van der Waals surface area contributed by atoms with Crippen LogP contribution in [0.4, 0.5) is 18.9 Å². The molecule has 1 heterocycles. The first-order valence-electron chi connectivity index (χ1n) is 5.40. The maximum absolute atomic E-state index is 12.7. The number of aromatic amines is 1. The Morgan fingerprint density at radius 1 is 1.32 bits per heavy atom. The Balaban J connectivity index is 2.13. The average Bonchev–Trinajstić information content (AvgIpc) is 2.81. The van der Waals surface area contributed by atoms with Crippen LogP contribution in [0.2, 0.25) is 0 Å². The van der Waals surface area contributed by atoms with E-state index in [1.165, 1.54) is 30.7 Å². The fraction of sp³-hybridized carbons (Fsp3) is 0.167. The van der Waals surface area contributed by atoms with Crippen LogP contribution in [0.3, 0.4) is 0 Å². The van der Waals surface area contributed by atoms with Gasteiger partial charge in [0.15, 0.2) is 0 Å². The number of para-hydroxylation sites is 1. The lowest BCUT2D eigenvalue weighted by molar-refractivity contribution is -0.137. The summed E-state index contributed by atoms with van der Waals surface area (Å²) >= 11 is 0. The van der Waals surface area contributed by atoms with E-state index < -0.39 is 17.6 Å². The van der Waals surface area contributed by atoms with Gasteiger partial charge in [0.05, 0.1) is 24.0 Å². The molecular weight excluding hydrogens is 259 g/mol. The van der Waals surface area contributed by atoms with Crippen LogP contribution in [-0.4, -0.2) is 15.9 Å². The van der Waals surface area contributed by atoms with Crippen molar-refractivity contribution in [1.29, 1.82) is 0 Å². The lowest BCUT2D eigenvalue weighted by atomic mass is 10.1. The molecule has 0 saturated carbocycles. The number of nitrogens with one attached hydrogen (secondary N) is 2. The molecule has 2 N–H and O–H groups in total. The van der Waals surface area contributed by atoms with Crippen LogP contribution in [0.5, 0.6) is 0 Å². The number of H-pyrrole nitrogens is 1. The molecule has 0 aliphatic rings. The minimum atomic E-state index is -4.50. The maximum atomic E-state index is 12.7. The van der Waals surface area contributed by atoms with Crippen molar-refractivity contribution in [2.24, 2.45) is 0 Å². The van der Waals surface area contributed by atoms with E-state index >= 15 is 0 Å². The van der Waals surface area contributed by atoms with E-state index in [2.05, 4.69) is 15.3 Å². The van der Waals surface area contributed by atoms with Gasteiger partial charge in [-0.3, -0.25) is 4.79 Å². The zero-order valence-corrected chi connectivity index (χ0v) is 9.66. The molecule has 100 valence electrons. The van der Waals surface area contributed by atoms with Gasteiger partial charge in [-0.2, -0.15) is 13.2 Å². The molecule has 2 aromatic rings. The molecule has 0 radical (unpaired) electrons. The highest BCUT2D eigenvalue weighted by molar-refractivity contribution is 5.92. The number of hydrogen-bond acceptors (Lipinski definition) is 2. The number of aromatic nitrogens is 2. The summed E-state index contributed by atoms with van der Waals surface area (Å²) in [6.45, 7) is 0. The van der Waals surface area contributed by atoms with E-state index in [9.17, 15) is 18.0 Å². The molecule has 19 heavy (non-hydrogen) atoms. The maximum Gasteiger partial charge on any atom is 0.418 e. The monoisotopic (exact) mass is 269 g/mol. The largest absolute Gasteiger partial charge is 0.418 e. The second-order valence-corrected chi connectivity index (χ2v) is 3.85. The lowest BCUT2D eigenvalue weighted by Crippen LogP contribution is -2.18. The molecule has 0 fully saturated rings. The van der Waals surface area contributed by atoms with Crippen molar-refractivity contribution in [3.63, 3.8) is 0 Å². The summed E-state index contributed by atoms with van der Waals surface area (Å²) in [5.41, 5.74) is -0.588. The summed E-state index contributed by atoms with van der Waals surface area (Å²) in [5.74, 6) is -0.541. The first-order chi connectivity index (χ1) is 8.97. The summed E-state index contributed by atoms with van der Waals surface area (Å²) in [6.07, 6.45) is -1.73. The number of halogens is 3. The number of carbonyl (C=O) groups excluding carboxylic acids is 1. The molecule has 0 atom stereocenters. The zero-order chi connectivity index (χ0) is 13.9. The quantitative estimate of drug-likeness (QED) is 0.899. The van der Waals surface area contributed by atoms with Gasteiger partial charge in [-0.1, -0.05) is 12.1 Å². The predicted molar refractivity (Wildman–Crippen MR) is 62.4 cm³/mol. The minimum Gasteiger partial charge on any atom is -0.348 e. The summed E-state index contributed by atoms with van der Waals surface area (Å²) in [4.78, 5) is 18.1. The predicted octanol–water partition coefficient (Wildman–Crippen LogP) is 2.61. The third-order valence-electron chi connectivity index (χ3n) is 2.41. The highest BCUT2D eigenvalue weighted by Gasteiger charge is 2.33. The second-order valence-electron chi connectivity index (χ2n) is 3.85. The molecule has 0 bridgehead atoms.